The van der Waals surface area contributed by atoms with Crippen molar-refractivity contribution in [3.63, 3.8) is 0 Å². The van der Waals surface area contributed by atoms with E-state index in [1.807, 2.05) is 66.4 Å². The number of ether oxygens (including phenoxy) is 1. The van der Waals surface area contributed by atoms with Crippen LogP contribution in [-0.4, -0.2) is 44.1 Å². The highest BCUT2D eigenvalue weighted by Gasteiger charge is 2.64. The van der Waals surface area contributed by atoms with Crippen molar-refractivity contribution in [3.05, 3.63) is 95.6 Å². The summed E-state index contributed by atoms with van der Waals surface area (Å²) in [6.45, 7) is 2.27. The van der Waals surface area contributed by atoms with Crippen LogP contribution in [0, 0.1) is 6.92 Å². The lowest BCUT2D eigenvalue weighted by Gasteiger charge is -2.48. The molecule has 1 spiro atoms. The van der Waals surface area contributed by atoms with Gasteiger partial charge in [-0.25, -0.2) is 8.42 Å². The van der Waals surface area contributed by atoms with Gasteiger partial charge in [0.05, 0.1) is 17.5 Å². The Bertz CT molecular complexity index is 1380. The average Bonchev–Trinajstić information content (AvgIpc) is 3.33. The predicted octanol–water partition coefficient (Wildman–Crippen LogP) is 3.16. The minimum absolute atomic E-state index is 0.150. The van der Waals surface area contributed by atoms with Crippen LogP contribution in [0.1, 0.15) is 23.1 Å². The van der Waals surface area contributed by atoms with Crippen LogP contribution in [0.25, 0.3) is 0 Å². The predicted molar refractivity (Wildman–Crippen MR) is 132 cm³/mol. The lowest BCUT2D eigenvalue weighted by Crippen LogP contribution is -2.62. The summed E-state index contributed by atoms with van der Waals surface area (Å²) >= 11 is 0. The van der Waals surface area contributed by atoms with E-state index in [-0.39, 0.29) is 23.3 Å². The molecule has 2 fully saturated rings. The van der Waals surface area contributed by atoms with Crippen molar-refractivity contribution < 1.29 is 17.9 Å². The molecule has 3 aliphatic heterocycles. The maximum atomic E-state index is 14.0. The minimum Gasteiger partial charge on any atom is -0.358 e. The van der Waals surface area contributed by atoms with Gasteiger partial charge >= 0.3 is 0 Å². The van der Waals surface area contributed by atoms with Gasteiger partial charge < -0.3 is 15.0 Å². The number of aryl methyl sites for hydroxylation is 1. The third-order valence-electron chi connectivity index (χ3n) is 7.36. The van der Waals surface area contributed by atoms with Crippen LogP contribution in [0.5, 0.6) is 0 Å². The standard InChI is InChI=1S/C27H27N3O4S/c1-18-11-13-21(14-12-18)35(32,33)29-24-16-27-22-9-5-6-10-23(22)28-26(27)34-17-20(30(27)25(24)31)15-19-7-3-2-4-8-19/h2-14,20,24,26,28-29H,15-17H2,1H3/t20-,24-,26-,27+/m0/s1. The van der Waals surface area contributed by atoms with Crippen LogP contribution in [0.2, 0.25) is 0 Å². The number of morpholine rings is 1. The van der Waals surface area contributed by atoms with Crippen molar-refractivity contribution >= 4 is 21.6 Å². The molecule has 7 nitrogen and oxygen atoms in total. The Kier molecular flexibility index (Phi) is 5.21. The fraction of sp³-hybridized carbons (Fsp3) is 0.296. The van der Waals surface area contributed by atoms with Gasteiger partial charge in [-0.05, 0) is 37.1 Å². The molecule has 0 bridgehead atoms. The van der Waals surface area contributed by atoms with E-state index in [9.17, 15) is 13.2 Å². The Morgan fingerprint density at radius 3 is 2.51 bits per heavy atom. The van der Waals surface area contributed by atoms with Crippen LogP contribution in [0.15, 0.2) is 83.8 Å². The van der Waals surface area contributed by atoms with E-state index in [0.717, 1.165) is 22.4 Å². The Morgan fingerprint density at radius 1 is 1.03 bits per heavy atom. The topological polar surface area (TPSA) is 87.7 Å². The zero-order valence-corrected chi connectivity index (χ0v) is 20.2. The molecule has 3 aromatic carbocycles. The summed E-state index contributed by atoms with van der Waals surface area (Å²) < 4.78 is 35.5. The number of amides is 1. The zero-order chi connectivity index (χ0) is 24.2. The molecule has 6 rings (SSSR count). The quantitative estimate of drug-likeness (QED) is 0.575. The van der Waals surface area contributed by atoms with E-state index in [1.54, 1.807) is 24.3 Å². The van der Waals surface area contributed by atoms with Crippen molar-refractivity contribution in [2.24, 2.45) is 0 Å². The molecule has 0 aliphatic carbocycles. The van der Waals surface area contributed by atoms with E-state index in [2.05, 4.69) is 10.0 Å². The molecule has 8 heteroatoms. The maximum absolute atomic E-state index is 14.0. The second kappa shape index (κ2) is 8.19. The number of hydrogen-bond acceptors (Lipinski definition) is 5. The van der Waals surface area contributed by atoms with E-state index < -0.39 is 27.8 Å². The lowest BCUT2D eigenvalue weighted by atomic mass is 9.84. The number of benzene rings is 3. The number of fused-ring (bicyclic) bond motifs is 1. The summed E-state index contributed by atoms with van der Waals surface area (Å²) in [5.74, 6) is -0.214. The summed E-state index contributed by atoms with van der Waals surface area (Å²) in [6.07, 6.45) is 0.474. The fourth-order valence-corrected chi connectivity index (χ4v) is 6.98. The first-order valence-corrected chi connectivity index (χ1v) is 13.3. The number of carbonyl (C=O) groups is 1. The van der Waals surface area contributed by atoms with Gasteiger partial charge in [-0.1, -0.05) is 66.2 Å². The van der Waals surface area contributed by atoms with Gasteiger partial charge in [0, 0.05) is 17.7 Å². The first kappa shape index (κ1) is 22.3. The highest BCUT2D eigenvalue weighted by atomic mass is 32.2. The molecule has 3 heterocycles. The first-order valence-electron chi connectivity index (χ1n) is 11.8. The number of rotatable bonds is 5. The molecule has 180 valence electrons. The molecule has 2 saturated heterocycles. The molecule has 35 heavy (non-hydrogen) atoms. The van der Waals surface area contributed by atoms with Crippen LogP contribution >= 0.6 is 0 Å². The second-order valence-electron chi connectivity index (χ2n) is 9.57. The SMILES string of the molecule is Cc1ccc(S(=O)(=O)N[C@H]2C[C@@]34c5ccccc5N[C@H]3OC[C@H](Cc3ccccc3)N4C2=O)cc1. The highest BCUT2D eigenvalue weighted by Crippen LogP contribution is 2.53. The summed E-state index contributed by atoms with van der Waals surface area (Å²) in [4.78, 5) is 16.0. The van der Waals surface area contributed by atoms with Crippen molar-refractivity contribution in [1.29, 1.82) is 0 Å². The summed E-state index contributed by atoms with van der Waals surface area (Å²) in [5.41, 5.74) is 3.16. The zero-order valence-electron chi connectivity index (χ0n) is 19.3. The lowest BCUT2D eigenvalue weighted by molar-refractivity contribution is -0.159. The third-order valence-corrected chi connectivity index (χ3v) is 8.85. The van der Waals surface area contributed by atoms with Crippen LogP contribution < -0.4 is 10.0 Å². The van der Waals surface area contributed by atoms with Crippen molar-refractivity contribution in [3.8, 4) is 0 Å². The number of para-hydroxylation sites is 1. The van der Waals surface area contributed by atoms with Crippen molar-refractivity contribution in [1.82, 2.24) is 9.62 Å². The summed E-state index contributed by atoms with van der Waals surface area (Å²) in [5, 5.41) is 3.43. The number of nitrogens with one attached hydrogen (secondary N) is 2. The molecule has 0 unspecified atom stereocenters. The van der Waals surface area contributed by atoms with E-state index in [1.165, 1.54) is 0 Å². The summed E-state index contributed by atoms with van der Waals surface area (Å²) in [6, 6.07) is 23.4. The van der Waals surface area contributed by atoms with Crippen LogP contribution in [-0.2, 0) is 31.5 Å². The monoisotopic (exact) mass is 489 g/mol. The number of hydrogen-bond donors (Lipinski definition) is 2. The van der Waals surface area contributed by atoms with Crippen molar-refractivity contribution in [2.75, 3.05) is 11.9 Å². The third kappa shape index (κ3) is 3.55. The normalized spacial score (nSPS) is 27.2. The van der Waals surface area contributed by atoms with E-state index >= 15 is 0 Å². The Balaban J connectivity index is 1.39. The second-order valence-corrected chi connectivity index (χ2v) is 11.3. The van der Waals surface area contributed by atoms with Crippen LogP contribution in [0.4, 0.5) is 5.69 Å². The van der Waals surface area contributed by atoms with E-state index in [0.29, 0.717) is 13.0 Å². The summed E-state index contributed by atoms with van der Waals surface area (Å²) in [7, 11) is -3.88. The largest absolute Gasteiger partial charge is 0.358 e. The average molecular weight is 490 g/mol. The number of anilines is 1. The molecule has 3 aromatic rings. The molecule has 0 aromatic heterocycles. The van der Waals surface area contributed by atoms with Gasteiger partial charge in [0.25, 0.3) is 0 Å². The molecular formula is C27H27N3O4S. The number of carbonyl (C=O) groups excluding carboxylic acids is 1. The van der Waals surface area contributed by atoms with Gasteiger partial charge in [0.15, 0.2) is 6.23 Å². The fourth-order valence-electron chi connectivity index (χ4n) is 5.79. The van der Waals surface area contributed by atoms with Gasteiger partial charge in [-0.15, -0.1) is 0 Å². The molecule has 0 saturated carbocycles. The van der Waals surface area contributed by atoms with Crippen LogP contribution in [0.3, 0.4) is 0 Å². The minimum atomic E-state index is -3.88. The first-order chi connectivity index (χ1) is 16.9. The Morgan fingerprint density at radius 2 is 1.74 bits per heavy atom. The Hall–Kier alpha value is -3.20. The molecular weight excluding hydrogens is 462 g/mol. The molecule has 3 aliphatic rings. The molecule has 1 amide bonds. The number of sulfonamides is 1. The van der Waals surface area contributed by atoms with E-state index in [4.69, 9.17) is 4.74 Å². The smallest absolute Gasteiger partial charge is 0.242 e. The van der Waals surface area contributed by atoms with Gasteiger partial charge in [-0.3, -0.25) is 4.79 Å². The molecule has 4 atom stereocenters. The maximum Gasteiger partial charge on any atom is 0.242 e. The van der Waals surface area contributed by atoms with Gasteiger partial charge in [0.1, 0.15) is 11.6 Å². The van der Waals surface area contributed by atoms with Gasteiger partial charge in [-0.2, -0.15) is 4.72 Å². The molecule has 2 N–H and O–H groups in total. The Labute approximate surface area is 205 Å². The highest BCUT2D eigenvalue weighted by molar-refractivity contribution is 7.89. The van der Waals surface area contributed by atoms with Crippen molar-refractivity contribution in [2.45, 2.75) is 48.5 Å². The van der Waals surface area contributed by atoms with Gasteiger partial charge in [0.2, 0.25) is 15.9 Å². The number of nitrogens with zero attached hydrogens (tertiary/aromatic N) is 1. The molecule has 0 radical (unpaired) electrons.